The number of nitrogens with zero attached hydrogens (tertiary/aromatic N) is 1. The molecule has 150 valence electrons. The molecule has 2 aromatic carbocycles. The maximum atomic E-state index is 13.2. The minimum absolute atomic E-state index is 0.0800. The Morgan fingerprint density at radius 3 is 2.39 bits per heavy atom. The van der Waals surface area contributed by atoms with Gasteiger partial charge in [0.15, 0.2) is 0 Å². The third kappa shape index (κ3) is 7.00. The van der Waals surface area contributed by atoms with E-state index >= 15 is 0 Å². The quantitative estimate of drug-likeness (QED) is 0.611. The van der Waals surface area contributed by atoms with Crippen LogP contribution in [0.5, 0.6) is 0 Å². The van der Waals surface area contributed by atoms with Crippen LogP contribution in [0.4, 0.5) is 4.39 Å². The number of likely N-dealkylation sites (N-methyl/N-ethyl adjacent to an activating group) is 1. The third-order valence-corrected chi connectivity index (χ3v) is 5.39. The summed E-state index contributed by atoms with van der Waals surface area (Å²) in [6.45, 7) is 4.36. The van der Waals surface area contributed by atoms with E-state index in [0.29, 0.717) is 18.7 Å². The summed E-state index contributed by atoms with van der Waals surface area (Å²) in [5.41, 5.74) is 2.02. The Balaban J connectivity index is 1.96. The van der Waals surface area contributed by atoms with E-state index in [9.17, 15) is 14.0 Å². The van der Waals surface area contributed by atoms with Crippen molar-refractivity contribution in [2.75, 3.05) is 12.3 Å². The van der Waals surface area contributed by atoms with Gasteiger partial charge in [-0.3, -0.25) is 9.59 Å². The second kappa shape index (κ2) is 11.5. The van der Waals surface area contributed by atoms with Crippen molar-refractivity contribution in [2.24, 2.45) is 0 Å². The predicted octanol–water partition coefficient (Wildman–Crippen LogP) is 4.00. The van der Waals surface area contributed by atoms with Gasteiger partial charge in [0.25, 0.3) is 0 Å². The van der Waals surface area contributed by atoms with Gasteiger partial charge in [-0.25, -0.2) is 4.39 Å². The molecule has 0 aliphatic rings. The van der Waals surface area contributed by atoms with Crippen LogP contribution in [0, 0.1) is 5.82 Å². The van der Waals surface area contributed by atoms with Crippen molar-refractivity contribution in [2.45, 2.75) is 38.6 Å². The molecule has 0 fully saturated rings. The van der Waals surface area contributed by atoms with E-state index in [-0.39, 0.29) is 24.2 Å². The van der Waals surface area contributed by atoms with Crippen molar-refractivity contribution < 1.29 is 14.0 Å². The minimum Gasteiger partial charge on any atom is -0.355 e. The van der Waals surface area contributed by atoms with E-state index in [0.717, 1.165) is 11.3 Å². The zero-order valence-corrected chi connectivity index (χ0v) is 17.2. The van der Waals surface area contributed by atoms with Crippen molar-refractivity contribution in [3.05, 3.63) is 71.5 Å². The molecule has 6 heteroatoms. The number of amides is 2. The normalized spacial score (nSPS) is 11.7. The molecule has 0 spiro atoms. The van der Waals surface area contributed by atoms with Crippen molar-refractivity contribution in [1.82, 2.24) is 10.2 Å². The molecular formula is C22H27FN2O2S. The monoisotopic (exact) mass is 402 g/mol. The van der Waals surface area contributed by atoms with Gasteiger partial charge in [0, 0.05) is 31.0 Å². The number of nitrogens with one attached hydrogen (secondary N) is 1. The topological polar surface area (TPSA) is 49.4 Å². The van der Waals surface area contributed by atoms with E-state index in [2.05, 4.69) is 17.4 Å². The highest BCUT2D eigenvalue weighted by Gasteiger charge is 2.25. The second-order valence-corrected chi connectivity index (χ2v) is 7.61. The molecule has 0 heterocycles. The van der Waals surface area contributed by atoms with Gasteiger partial charge in [-0.05, 0) is 37.1 Å². The Morgan fingerprint density at radius 1 is 1.07 bits per heavy atom. The Bertz CT molecular complexity index is 753. The Labute approximate surface area is 170 Å². The first-order valence-electron chi connectivity index (χ1n) is 9.44. The number of hydrogen-bond donors (Lipinski definition) is 1. The molecule has 0 saturated carbocycles. The molecule has 0 aliphatic heterocycles. The fourth-order valence-corrected chi connectivity index (χ4v) is 3.65. The summed E-state index contributed by atoms with van der Waals surface area (Å²) >= 11 is 1.69. The summed E-state index contributed by atoms with van der Waals surface area (Å²) in [7, 11) is 0. The summed E-state index contributed by atoms with van der Waals surface area (Å²) in [6.07, 6.45) is 0.350. The molecule has 2 rings (SSSR count). The molecule has 0 saturated heterocycles. The van der Waals surface area contributed by atoms with Crippen LogP contribution in [-0.2, 0) is 21.9 Å². The number of rotatable bonds is 10. The first-order chi connectivity index (χ1) is 13.5. The molecule has 1 N–H and O–H groups in total. The molecule has 0 unspecified atom stereocenters. The highest BCUT2D eigenvalue weighted by Crippen LogP contribution is 2.16. The molecule has 2 amide bonds. The van der Waals surface area contributed by atoms with Crippen LogP contribution in [0.3, 0.4) is 0 Å². The first-order valence-corrected chi connectivity index (χ1v) is 10.6. The molecule has 4 nitrogen and oxygen atoms in total. The van der Waals surface area contributed by atoms with Crippen LogP contribution in [0.15, 0.2) is 54.6 Å². The highest BCUT2D eigenvalue weighted by molar-refractivity contribution is 7.98. The van der Waals surface area contributed by atoms with Gasteiger partial charge in [0.2, 0.25) is 11.8 Å². The Hall–Kier alpha value is -2.34. The van der Waals surface area contributed by atoms with Gasteiger partial charge >= 0.3 is 0 Å². The zero-order chi connectivity index (χ0) is 20.4. The number of halogens is 1. The van der Waals surface area contributed by atoms with Gasteiger partial charge in [-0.2, -0.15) is 11.8 Å². The van der Waals surface area contributed by atoms with Gasteiger partial charge in [-0.1, -0.05) is 42.5 Å². The van der Waals surface area contributed by atoms with E-state index in [4.69, 9.17) is 0 Å². The van der Waals surface area contributed by atoms with Crippen molar-refractivity contribution in [1.29, 1.82) is 0 Å². The fraction of sp³-hybridized carbons (Fsp3) is 0.364. The zero-order valence-electron chi connectivity index (χ0n) is 16.4. The summed E-state index contributed by atoms with van der Waals surface area (Å²) in [4.78, 5) is 26.7. The lowest BCUT2D eigenvalue weighted by Gasteiger charge is -2.28. The average molecular weight is 403 g/mol. The van der Waals surface area contributed by atoms with Gasteiger partial charge in [-0.15, -0.1) is 0 Å². The van der Waals surface area contributed by atoms with Crippen LogP contribution in [0.2, 0.25) is 0 Å². The summed E-state index contributed by atoms with van der Waals surface area (Å²) in [5.74, 6) is 0.933. The Morgan fingerprint density at radius 2 is 1.75 bits per heavy atom. The minimum atomic E-state index is -0.586. The molecule has 2 aromatic rings. The van der Waals surface area contributed by atoms with Crippen molar-refractivity contribution in [3.63, 3.8) is 0 Å². The molecule has 0 radical (unpaired) electrons. The molecular weight excluding hydrogens is 375 g/mol. The van der Waals surface area contributed by atoms with E-state index < -0.39 is 6.04 Å². The van der Waals surface area contributed by atoms with Crippen LogP contribution in [-0.4, -0.2) is 35.1 Å². The lowest BCUT2D eigenvalue weighted by Crippen LogP contribution is -2.47. The number of hydrogen-bond acceptors (Lipinski definition) is 3. The standard InChI is InChI=1S/C22H27FN2O2S/c1-3-24-22(27)17(2)25(15-18-9-11-20(23)12-10-18)21(26)13-14-28-16-19-7-5-4-6-8-19/h4-12,17H,3,13-16H2,1-2H3,(H,24,27)/t17-/m0/s1. The molecule has 0 bridgehead atoms. The van der Waals surface area contributed by atoms with Crippen LogP contribution < -0.4 is 5.32 Å². The largest absolute Gasteiger partial charge is 0.355 e. The van der Waals surface area contributed by atoms with E-state index in [1.165, 1.54) is 17.7 Å². The Kier molecular flexibility index (Phi) is 9.01. The number of benzene rings is 2. The smallest absolute Gasteiger partial charge is 0.242 e. The molecule has 28 heavy (non-hydrogen) atoms. The third-order valence-electron chi connectivity index (χ3n) is 4.36. The summed E-state index contributed by atoms with van der Waals surface area (Å²) in [6, 6.07) is 15.5. The summed E-state index contributed by atoms with van der Waals surface area (Å²) in [5, 5.41) is 2.77. The lowest BCUT2D eigenvalue weighted by atomic mass is 10.1. The summed E-state index contributed by atoms with van der Waals surface area (Å²) < 4.78 is 13.2. The van der Waals surface area contributed by atoms with Gasteiger partial charge in [0.05, 0.1) is 0 Å². The fourth-order valence-electron chi connectivity index (χ4n) is 2.76. The number of carbonyl (C=O) groups excluding carboxylic acids is 2. The van der Waals surface area contributed by atoms with Crippen LogP contribution in [0.25, 0.3) is 0 Å². The highest BCUT2D eigenvalue weighted by atomic mass is 32.2. The maximum absolute atomic E-state index is 13.2. The first kappa shape index (κ1) is 22.0. The second-order valence-electron chi connectivity index (χ2n) is 6.51. The van der Waals surface area contributed by atoms with Crippen LogP contribution >= 0.6 is 11.8 Å². The number of carbonyl (C=O) groups is 2. The van der Waals surface area contributed by atoms with Crippen molar-refractivity contribution in [3.8, 4) is 0 Å². The molecule has 1 atom stereocenters. The van der Waals surface area contributed by atoms with Crippen LogP contribution in [0.1, 0.15) is 31.4 Å². The molecule has 0 aliphatic carbocycles. The number of thioether (sulfide) groups is 1. The van der Waals surface area contributed by atoms with Gasteiger partial charge in [0.1, 0.15) is 11.9 Å². The lowest BCUT2D eigenvalue weighted by molar-refractivity contribution is -0.140. The van der Waals surface area contributed by atoms with Crippen molar-refractivity contribution >= 4 is 23.6 Å². The molecule has 0 aromatic heterocycles. The van der Waals surface area contributed by atoms with Gasteiger partial charge < -0.3 is 10.2 Å². The van der Waals surface area contributed by atoms with E-state index in [1.54, 1.807) is 35.7 Å². The maximum Gasteiger partial charge on any atom is 0.242 e. The SMILES string of the molecule is CCNC(=O)[C@H](C)N(Cc1ccc(F)cc1)C(=O)CCSCc1ccccc1. The predicted molar refractivity (Wildman–Crippen MR) is 112 cm³/mol. The van der Waals surface area contributed by atoms with E-state index in [1.807, 2.05) is 25.1 Å². The average Bonchev–Trinajstić information content (AvgIpc) is 2.71.